The van der Waals surface area contributed by atoms with E-state index in [4.69, 9.17) is 9.73 Å². The van der Waals surface area contributed by atoms with E-state index < -0.39 is 22.7 Å². The molecule has 1 aliphatic carbocycles. The zero-order chi connectivity index (χ0) is 25.9. The number of ether oxygens (including phenoxy) is 1. The molecule has 0 saturated carbocycles. The lowest BCUT2D eigenvalue weighted by Gasteiger charge is -2.36. The second-order valence-electron chi connectivity index (χ2n) is 9.45. The number of rotatable bonds is 6. The number of allylic oxidation sites excluding steroid dienone is 2. The SMILES string of the molecule is CC1=NC2=C(C(=O)C[C@@H](c3ccccc3)C2)[C@H](c2ccc([N+](=O)[O-])cc2)C1C(=O)OCc1ccccc1. The molecule has 0 saturated heterocycles. The molecule has 0 fully saturated rings. The Morgan fingerprint density at radius 2 is 1.59 bits per heavy atom. The molecule has 0 aromatic heterocycles. The summed E-state index contributed by atoms with van der Waals surface area (Å²) < 4.78 is 5.70. The molecule has 0 N–H and O–H groups in total. The number of nitro groups is 1. The molecular formula is C30H26N2O5. The lowest BCUT2D eigenvalue weighted by molar-refractivity contribution is -0.384. The van der Waals surface area contributed by atoms with E-state index in [0.29, 0.717) is 35.4 Å². The van der Waals surface area contributed by atoms with E-state index in [1.807, 2.05) is 60.7 Å². The Balaban J connectivity index is 1.52. The molecule has 3 aromatic carbocycles. The number of ketones is 1. The number of hydrogen-bond donors (Lipinski definition) is 0. The fourth-order valence-electron chi connectivity index (χ4n) is 5.31. The smallest absolute Gasteiger partial charge is 0.315 e. The van der Waals surface area contributed by atoms with Gasteiger partial charge in [-0.2, -0.15) is 0 Å². The zero-order valence-corrected chi connectivity index (χ0v) is 20.4. The summed E-state index contributed by atoms with van der Waals surface area (Å²) in [6.45, 7) is 1.89. The summed E-state index contributed by atoms with van der Waals surface area (Å²) in [7, 11) is 0. The summed E-state index contributed by atoms with van der Waals surface area (Å²) in [4.78, 5) is 42.6. The van der Waals surface area contributed by atoms with Crippen LogP contribution in [0.3, 0.4) is 0 Å². The molecule has 7 heteroatoms. The maximum absolute atomic E-state index is 13.6. The van der Waals surface area contributed by atoms with Crippen LogP contribution in [0.25, 0.3) is 0 Å². The molecule has 1 aliphatic heterocycles. The van der Waals surface area contributed by atoms with Crippen LogP contribution in [0.15, 0.2) is 101 Å². The van der Waals surface area contributed by atoms with Gasteiger partial charge in [0.15, 0.2) is 5.78 Å². The predicted molar refractivity (Wildman–Crippen MR) is 139 cm³/mol. The van der Waals surface area contributed by atoms with Crippen molar-refractivity contribution < 1.29 is 19.2 Å². The van der Waals surface area contributed by atoms with E-state index in [2.05, 4.69) is 0 Å². The third-order valence-corrected chi connectivity index (χ3v) is 7.10. The van der Waals surface area contributed by atoms with Gasteiger partial charge in [-0.15, -0.1) is 0 Å². The zero-order valence-electron chi connectivity index (χ0n) is 20.4. The molecule has 7 nitrogen and oxygen atoms in total. The summed E-state index contributed by atoms with van der Waals surface area (Å²) in [5, 5.41) is 11.2. The van der Waals surface area contributed by atoms with Crippen molar-refractivity contribution in [2.24, 2.45) is 10.9 Å². The Morgan fingerprint density at radius 1 is 0.946 bits per heavy atom. The van der Waals surface area contributed by atoms with Crippen molar-refractivity contribution in [1.82, 2.24) is 0 Å². The summed E-state index contributed by atoms with van der Waals surface area (Å²) >= 11 is 0. The van der Waals surface area contributed by atoms with Crippen molar-refractivity contribution in [2.75, 3.05) is 0 Å². The molecule has 3 atom stereocenters. The minimum absolute atomic E-state index is 0.00286. The van der Waals surface area contributed by atoms with Gasteiger partial charge in [0.1, 0.15) is 12.5 Å². The highest BCUT2D eigenvalue weighted by Crippen LogP contribution is 2.47. The second kappa shape index (κ2) is 10.3. The fourth-order valence-corrected chi connectivity index (χ4v) is 5.31. The molecular weight excluding hydrogens is 468 g/mol. The number of nitro benzene ring substituents is 1. The third-order valence-electron chi connectivity index (χ3n) is 7.10. The van der Waals surface area contributed by atoms with Crippen molar-refractivity contribution in [3.8, 4) is 0 Å². The Kier molecular flexibility index (Phi) is 6.77. The van der Waals surface area contributed by atoms with Crippen LogP contribution in [0.5, 0.6) is 0 Å². The van der Waals surface area contributed by atoms with Gasteiger partial charge < -0.3 is 4.74 Å². The van der Waals surface area contributed by atoms with E-state index in [1.54, 1.807) is 19.1 Å². The molecule has 2 aliphatic rings. The van der Waals surface area contributed by atoms with Crippen molar-refractivity contribution in [2.45, 2.75) is 38.2 Å². The quantitative estimate of drug-likeness (QED) is 0.241. The van der Waals surface area contributed by atoms with Gasteiger partial charge in [0, 0.05) is 41.5 Å². The second-order valence-corrected chi connectivity index (χ2v) is 9.45. The molecule has 5 rings (SSSR count). The molecule has 0 spiro atoms. The Morgan fingerprint density at radius 3 is 2.24 bits per heavy atom. The van der Waals surface area contributed by atoms with Crippen molar-refractivity contribution in [3.63, 3.8) is 0 Å². The van der Waals surface area contributed by atoms with E-state index in [-0.39, 0.29) is 24.0 Å². The topological polar surface area (TPSA) is 98.9 Å². The first kappa shape index (κ1) is 24.3. The van der Waals surface area contributed by atoms with E-state index >= 15 is 0 Å². The lowest BCUT2D eigenvalue weighted by Crippen LogP contribution is -2.38. The Bertz CT molecular complexity index is 1390. The number of Topliss-reactive ketones (excluding diaryl/α,β-unsaturated/α-hetero) is 1. The summed E-state index contributed by atoms with van der Waals surface area (Å²) in [5.74, 6) is -1.96. The van der Waals surface area contributed by atoms with Crippen LogP contribution in [0.1, 0.15) is 48.3 Å². The fraction of sp³-hybridized carbons (Fsp3) is 0.233. The number of esters is 1. The van der Waals surface area contributed by atoms with E-state index in [0.717, 1.165) is 11.1 Å². The van der Waals surface area contributed by atoms with Crippen LogP contribution in [0.4, 0.5) is 5.69 Å². The van der Waals surface area contributed by atoms with Crippen molar-refractivity contribution in [3.05, 3.63) is 123 Å². The van der Waals surface area contributed by atoms with Crippen LogP contribution < -0.4 is 0 Å². The number of non-ortho nitro benzene ring substituents is 1. The third kappa shape index (κ3) is 4.98. The van der Waals surface area contributed by atoms with Crippen LogP contribution in [-0.2, 0) is 20.9 Å². The van der Waals surface area contributed by atoms with E-state index in [1.165, 1.54) is 12.1 Å². The molecule has 0 radical (unpaired) electrons. The predicted octanol–water partition coefficient (Wildman–Crippen LogP) is 5.91. The largest absolute Gasteiger partial charge is 0.460 e. The molecule has 0 bridgehead atoms. The van der Waals surface area contributed by atoms with E-state index in [9.17, 15) is 19.7 Å². The maximum atomic E-state index is 13.6. The number of aliphatic imine (C=N–C) groups is 1. The maximum Gasteiger partial charge on any atom is 0.315 e. The standard InChI is InChI=1S/C30H26N2O5/c1-19-27(30(34)37-18-20-8-4-2-5-9-20)28(22-12-14-24(15-13-22)32(35)36)29-25(31-19)16-23(17-26(29)33)21-10-6-3-7-11-21/h2-15,23,27-28H,16-18H2,1H3/t23-,27?,28+/m0/s1. The van der Waals surface area contributed by atoms with Gasteiger partial charge in [0.25, 0.3) is 5.69 Å². The number of carbonyl (C=O) groups excluding carboxylic acids is 2. The average molecular weight is 495 g/mol. The first-order valence-corrected chi connectivity index (χ1v) is 12.2. The lowest BCUT2D eigenvalue weighted by atomic mass is 9.69. The minimum atomic E-state index is -0.804. The van der Waals surface area contributed by atoms with Crippen LogP contribution >= 0.6 is 0 Å². The van der Waals surface area contributed by atoms with Crippen LogP contribution in [-0.4, -0.2) is 22.4 Å². The van der Waals surface area contributed by atoms with Gasteiger partial charge in [-0.1, -0.05) is 72.8 Å². The number of benzene rings is 3. The highest BCUT2D eigenvalue weighted by molar-refractivity contribution is 6.09. The molecule has 3 aromatic rings. The van der Waals surface area contributed by atoms with Gasteiger partial charge in [-0.3, -0.25) is 24.7 Å². The van der Waals surface area contributed by atoms with Crippen LogP contribution in [0, 0.1) is 16.0 Å². The van der Waals surface area contributed by atoms with Crippen molar-refractivity contribution in [1.29, 1.82) is 0 Å². The van der Waals surface area contributed by atoms with Gasteiger partial charge in [-0.05, 0) is 36.0 Å². The Hall–Kier alpha value is -4.39. The Labute approximate surface area is 214 Å². The molecule has 1 heterocycles. The monoisotopic (exact) mass is 494 g/mol. The number of hydrogen-bond acceptors (Lipinski definition) is 6. The normalized spacial score (nSPS) is 21.2. The summed E-state index contributed by atoms with van der Waals surface area (Å²) in [6, 6.07) is 25.3. The molecule has 37 heavy (non-hydrogen) atoms. The van der Waals surface area contributed by atoms with Crippen molar-refractivity contribution >= 4 is 23.2 Å². The summed E-state index contributed by atoms with van der Waals surface area (Å²) in [6.07, 6.45) is 0.893. The first-order valence-electron chi connectivity index (χ1n) is 12.2. The minimum Gasteiger partial charge on any atom is -0.460 e. The van der Waals surface area contributed by atoms with Gasteiger partial charge >= 0.3 is 5.97 Å². The first-order chi connectivity index (χ1) is 17.9. The summed E-state index contributed by atoms with van der Waals surface area (Å²) in [5.41, 5.74) is 4.29. The van der Waals surface area contributed by atoms with Crippen LogP contribution in [0.2, 0.25) is 0 Å². The number of nitrogens with zero attached hydrogens (tertiary/aromatic N) is 2. The highest BCUT2D eigenvalue weighted by atomic mass is 16.6. The number of carbonyl (C=O) groups is 2. The average Bonchev–Trinajstić information content (AvgIpc) is 2.92. The highest BCUT2D eigenvalue weighted by Gasteiger charge is 2.44. The van der Waals surface area contributed by atoms with Gasteiger partial charge in [0.2, 0.25) is 0 Å². The van der Waals surface area contributed by atoms with Gasteiger partial charge in [-0.25, -0.2) is 0 Å². The molecule has 1 unspecified atom stereocenters. The molecule has 186 valence electrons. The molecule has 0 amide bonds. The van der Waals surface area contributed by atoms with Gasteiger partial charge in [0.05, 0.1) is 4.92 Å².